The molecule has 0 spiro atoms. The molecule has 74 valence electrons. The molecule has 2 aromatic rings. The maximum atomic E-state index is 11.6. The molecule has 0 bridgehead atoms. The lowest BCUT2D eigenvalue weighted by Crippen LogP contribution is -2.19. The van der Waals surface area contributed by atoms with E-state index in [4.69, 9.17) is 11.6 Å². The van der Waals surface area contributed by atoms with E-state index in [1.807, 2.05) is 0 Å². The predicted molar refractivity (Wildman–Crippen MR) is 63.7 cm³/mol. The number of aromatic nitrogens is 3. The number of hydrogen-bond acceptors (Lipinski definition) is 2. The minimum atomic E-state index is -0.0676. The van der Waals surface area contributed by atoms with Crippen LogP contribution in [0.5, 0.6) is 0 Å². The van der Waals surface area contributed by atoms with Crippen LogP contribution in [0.3, 0.4) is 0 Å². The first-order valence-electron chi connectivity index (χ1n) is 3.90. The Kier molecular flexibility index (Phi) is 2.30. The highest BCUT2D eigenvalue weighted by atomic mass is 127. The molecule has 0 aliphatic rings. The normalized spacial score (nSPS) is 11.1. The van der Waals surface area contributed by atoms with E-state index >= 15 is 0 Å². The summed E-state index contributed by atoms with van der Waals surface area (Å²) in [4.78, 5) is 15.7. The van der Waals surface area contributed by atoms with Gasteiger partial charge >= 0.3 is 5.69 Å². The van der Waals surface area contributed by atoms with Crippen molar-refractivity contribution in [2.24, 2.45) is 14.1 Å². The van der Waals surface area contributed by atoms with Crippen molar-refractivity contribution in [2.75, 3.05) is 0 Å². The first kappa shape index (κ1) is 9.97. The van der Waals surface area contributed by atoms with Gasteiger partial charge in [0.05, 0.1) is 5.52 Å². The minimum absolute atomic E-state index is 0.0676. The van der Waals surface area contributed by atoms with Crippen molar-refractivity contribution >= 4 is 45.2 Å². The summed E-state index contributed by atoms with van der Waals surface area (Å²) in [5.41, 5.74) is 1.56. The SMILES string of the molecule is Cn1c(=O)n(C)c2c(I)nc(Cl)cc21. The number of pyridine rings is 1. The summed E-state index contributed by atoms with van der Waals surface area (Å²) in [6.45, 7) is 0. The third-order valence-corrected chi connectivity index (χ3v) is 3.12. The van der Waals surface area contributed by atoms with E-state index in [1.54, 1.807) is 29.3 Å². The van der Waals surface area contributed by atoms with Gasteiger partial charge in [0.25, 0.3) is 0 Å². The van der Waals surface area contributed by atoms with Gasteiger partial charge < -0.3 is 0 Å². The molecule has 0 atom stereocenters. The molecule has 2 rings (SSSR count). The van der Waals surface area contributed by atoms with E-state index in [0.717, 1.165) is 14.7 Å². The summed E-state index contributed by atoms with van der Waals surface area (Å²) in [6.07, 6.45) is 0. The summed E-state index contributed by atoms with van der Waals surface area (Å²) in [5.74, 6) is 0. The predicted octanol–water partition coefficient (Wildman–Crippen LogP) is 1.53. The monoisotopic (exact) mass is 323 g/mol. The highest BCUT2D eigenvalue weighted by Gasteiger charge is 2.12. The number of halogens is 2. The van der Waals surface area contributed by atoms with Crippen LogP contribution in [0.25, 0.3) is 11.0 Å². The Bertz CT molecular complexity index is 572. The summed E-state index contributed by atoms with van der Waals surface area (Å²) in [5, 5.41) is 0.406. The first-order chi connectivity index (χ1) is 6.52. The molecule has 4 nitrogen and oxygen atoms in total. The summed E-state index contributed by atoms with van der Waals surface area (Å²) >= 11 is 7.89. The van der Waals surface area contributed by atoms with Crippen LogP contribution in [0, 0.1) is 3.70 Å². The quantitative estimate of drug-likeness (QED) is 0.545. The number of rotatable bonds is 0. The van der Waals surface area contributed by atoms with Gasteiger partial charge in [-0.05, 0) is 22.6 Å². The van der Waals surface area contributed by atoms with Crippen molar-refractivity contribution in [3.8, 4) is 0 Å². The van der Waals surface area contributed by atoms with Crippen LogP contribution in [0.1, 0.15) is 0 Å². The van der Waals surface area contributed by atoms with Crippen molar-refractivity contribution in [1.29, 1.82) is 0 Å². The van der Waals surface area contributed by atoms with Gasteiger partial charge in [0.1, 0.15) is 14.4 Å². The Balaban J connectivity index is 3.10. The highest BCUT2D eigenvalue weighted by molar-refractivity contribution is 14.1. The van der Waals surface area contributed by atoms with E-state index in [0.29, 0.717) is 5.15 Å². The fourth-order valence-electron chi connectivity index (χ4n) is 1.46. The van der Waals surface area contributed by atoms with Crippen molar-refractivity contribution in [1.82, 2.24) is 14.1 Å². The van der Waals surface area contributed by atoms with E-state index in [-0.39, 0.29) is 5.69 Å². The zero-order valence-electron chi connectivity index (χ0n) is 7.58. The number of fused-ring (bicyclic) bond motifs is 1. The molecule has 0 N–H and O–H groups in total. The van der Waals surface area contributed by atoms with Gasteiger partial charge in [0.2, 0.25) is 0 Å². The second kappa shape index (κ2) is 3.23. The Morgan fingerprint density at radius 2 is 2.07 bits per heavy atom. The van der Waals surface area contributed by atoms with Crippen LogP contribution in [0.15, 0.2) is 10.9 Å². The zero-order chi connectivity index (χ0) is 10.5. The highest BCUT2D eigenvalue weighted by Crippen LogP contribution is 2.20. The van der Waals surface area contributed by atoms with Crippen LogP contribution >= 0.6 is 34.2 Å². The van der Waals surface area contributed by atoms with Crippen molar-refractivity contribution < 1.29 is 0 Å². The molecule has 0 amide bonds. The topological polar surface area (TPSA) is 39.8 Å². The molecule has 6 heteroatoms. The minimum Gasteiger partial charge on any atom is -0.295 e. The van der Waals surface area contributed by atoms with Gasteiger partial charge in [-0.2, -0.15) is 0 Å². The average molecular weight is 324 g/mol. The van der Waals surface area contributed by atoms with E-state index in [2.05, 4.69) is 27.6 Å². The molecule has 0 aliphatic heterocycles. The Labute approximate surface area is 98.6 Å². The van der Waals surface area contributed by atoms with Gasteiger partial charge in [0, 0.05) is 20.2 Å². The molecule has 2 aromatic heterocycles. The molecule has 0 saturated heterocycles. The molecule has 0 saturated carbocycles. The molecule has 14 heavy (non-hydrogen) atoms. The molecule has 0 fully saturated rings. The fourth-order valence-corrected chi connectivity index (χ4v) is 2.68. The van der Waals surface area contributed by atoms with Gasteiger partial charge in [-0.3, -0.25) is 9.13 Å². The van der Waals surface area contributed by atoms with Gasteiger partial charge in [-0.15, -0.1) is 0 Å². The van der Waals surface area contributed by atoms with Crippen LogP contribution < -0.4 is 5.69 Å². The summed E-state index contributed by atoms with van der Waals surface area (Å²) in [6, 6.07) is 1.69. The third-order valence-electron chi connectivity index (χ3n) is 2.17. The lowest BCUT2D eigenvalue weighted by atomic mass is 10.4. The Morgan fingerprint density at radius 3 is 2.71 bits per heavy atom. The fraction of sp³-hybridized carbons (Fsp3) is 0.250. The van der Waals surface area contributed by atoms with Crippen LogP contribution in [-0.4, -0.2) is 14.1 Å². The average Bonchev–Trinajstić information content (AvgIpc) is 2.31. The number of hydrogen-bond donors (Lipinski definition) is 0. The van der Waals surface area contributed by atoms with Gasteiger partial charge in [-0.25, -0.2) is 9.78 Å². The smallest absolute Gasteiger partial charge is 0.295 e. The second-order valence-electron chi connectivity index (χ2n) is 3.00. The second-order valence-corrected chi connectivity index (χ2v) is 4.41. The first-order valence-corrected chi connectivity index (χ1v) is 5.35. The Morgan fingerprint density at radius 1 is 1.43 bits per heavy atom. The summed E-state index contributed by atoms with van der Waals surface area (Å²) < 4.78 is 3.87. The zero-order valence-corrected chi connectivity index (χ0v) is 10.5. The molecule has 0 aliphatic carbocycles. The van der Waals surface area contributed by atoms with Crippen LogP contribution in [-0.2, 0) is 14.1 Å². The largest absolute Gasteiger partial charge is 0.328 e. The standard InChI is InChI=1S/C8H7ClIN3O/c1-12-4-3-5(9)11-7(10)6(4)13(2)8(12)14/h3H,1-2H3. The van der Waals surface area contributed by atoms with Crippen LogP contribution in [0.4, 0.5) is 0 Å². The van der Waals surface area contributed by atoms with Gasteiger partial charge in [0.15, 0.2) is 0 Å². The molecule has 0 aromatic carbocycles. The lowest BCUT2D eigenvalue weighted by molar-refractivity contribution is 0.794. The van der Waals surface area contributed by atoms with Gasteiger partial charge in [-0.1, -0.05) is 11.6 Å². The molecular formula is C8H7ClIN3O. The van der Waals surface area contributed by atoms with E-state index in [9.17, 15) is 4.79 Å². The van der Waals surface area contributed by atoms with E-state index in [1.165, 1.54) is 0 Å². The van der Waals surface area contributed by atoms with Crippen molar-refractivity contribution in [2.45, 2.75) is 0 Å². The lowest BCUT2D eigenvalue weighted by Gasteiger charge is -1.97. The maximum absolute atomic E-state index is 11.6. The molecule has 0 radical (unpaired) electrons. The van der Waals surface area contributed by atoms with Crippen molar-refractivity contribution in [3.05, 3.63) is 25.4 Å². The summed E-state index contributed by atoms with van der Waals surface area (Å²) in [7, 11) is 3.44. The molecule has 0 unspecified atom stereocenters. The number of nitrogens with zero attached hydrogens (tertiary/aromatic N) is 3. The van der Waals surface area contributed by atoms with Crippen molar-refractivity contribution in [3.63, 3.8) is 0 Å². The molecule has 2 heterocycles. The maximum Gasteiger partial charge on any atom is 0.328 e. The van der Waals surface area contributed by atoms with E-state index < -0.39 is 0 Å². The third kappa shape index (κ3) is 1.26. The number of aryl methyl sites for hydroxylation is 2. The number of imidazole rings is 1. The Hall–Kier alpha value is -0.560. The molecular weight excluding hydrogens is 316 g/mol. The van der Waals surface area contributed by atoms with Crippen LogP contribution in [0.2, 0.25) is 5.15 Å².